The molecule has 0 aliphatic carbocycles. The van der Waals surface area contributed by atoms with Crippen LogP contribution < -0.4 is 21.3 Å². The Balaban J connectivity index is 1.65. The van der Waals surface area contributed by atoms with Crippen molar-refractivity contribution in [3.05, 3.63) is 109 Å². The standard InChI is InChI=1S/C25H22ClN3O4/c1-28-22-11-8-18(23(30)27-14-17-4-3-5-20(12-17)33-2)13-21(22)24(31)29(25(28)32)15-16-6-9-19(26)10-7-16/h3-13H,14-15H2,1-2H3,(H,27,30). The fourth-order valence-electron chi connectivity index (χ4n) is 3.64. The number of nitrogens with one attached hydrogen (secondary N) is 1. The molecule has 0 radical (unpaired) electrons. The molecule has 0 bridgehead atoms. The van der Waals surface area contributed by atoms with Crippen LogP contribution in [0.15, 0.2) is 76.3 Å². The summed E-state index contributed by atoms with van der Waals surface area (Å²) < 4.78 is 7.77. The zero-order valence-electron chi connectivity index (χ0n) is 18.2. The minimum atomic E-state index is -0.453. The Morgan fingerprint density at radius 3 is 2.48 bits per heavy atom. The molecule has 168 valence electrons. The molecule has 1 N–H and O–H groups in total. The van der Waals surface area contributed by atoms with Gasteiger partial charge in [-0.3, -0.25) is 18.7 Å². The largest absolute Gasteiger partial charge is 0.497 e. The molecule has 4 aromatic rings. The van der Waals surface area contributed by atoms with E-state index in [0.29, 0.717) is 33.8 Å². The number of rotatable bonds is 6. The highest BCUT2D eigenvalue weighted by atomic mass is 35.5. The van der Waals surface area contributed by atoms with Crippen LogP contribution in [-0.2, 0) is 20.1 Å². The first-order valence-corrected chi connectivity index (χ1v) is 10.6. The van der Waals surface area contributed by atoms with E-state index < -0.39 is 11.2 Å². The van der Waals surface area contributed by atoms with E-state index in [1.807, 2.05) is 24.3 Å². The van der Waals surface area contributed by atoms with E-state index in [0.717, 1.165) is 15.7 Å². The maximum atomic E-state index is 13.2. The molecule has 1 amide bonds. The molecule has 0 fully saturated rings. The lowest BCUT2D eigenvalue weighted by Crippen LogP contribution is -2.39. The molecular weight excluding hydrogens is 442 g/mol. The van der Waals surface area contributed by atoms with Crippen molar-refractivity contribution in [1.29, 1.82) is 0 Å². The minimum Gasteiger partial charge on any atom is -0.497 e. The minimum absolute atomic E-state index is 0.102. The molecular formula is C25H22ClN3O4. The Kier molecular flexibility index (Phi) is 6.33. The molecule has 1 heterocycles. The van der Waals surface area contributed by atoms with Gasteiger partial charge in [-0.15, -0.1) is 0 Å². The van der Waals surface area contributed by atoms with Crippen LogP contribution in [0.25, 0.3) is 10.9 Å². The zero-order chi connectivity index (χ0) is 23.5. The van der Waals surface area contributed by atoms with Gasteiger partial charge in [0.2, 0.25) is 0 Å². The molecule has 0 atom stereocenters. The summed E-state index contributed by atoms with van der Waals surface area (Å²) in [6.07, 6.45) is 0. The highest BCUT2D eigenvalue weighted by Gasteiger charge is 2.14. The van der Waals surface area contributed by atoms with E-state index in [1.54, 1.807) is 50.6 Å². The van der Waals surface area contributed by atoms with Gasteiger partial charge < -0.3 is 10.1 Å². The summed E-state index contributed by atoms with van der Waals surface area (Å²) in [6, 6.07) is 19.1. The van der Waals surface area contributed by atoms with E-state index in [4.69, 9.17) is 16.3 Å². The van der Waals surface area contributed by atoms with Crippen LogP contribution >= 0.6 is 11.6 Å². The highest BCUT2D eigenvalue weighted by Crippen LogP contribution is 2.15. The van der Waals surface area contributed by atoms with Crippen molar-refractivity contribution in [2.75, 3.05) is 7.11 Å². The van der Waals surface area contributed by atoms with Gasteiger partial charge in [0.15, 0.2) is 0 Å². The number of carbonyl (C=O) groups excluding carboxylic acids is 1. The Morgan fingerprint density at radius 2 is 1.76 bits per heavy atom. The fourth-order valence-corrected chi connectivity index (χ4v) is 3.76. The maximum Gasteiger partial charge on any atom is 0.331 e. The maximum absolute atomic E-state index is 13.2. The second kappa shape index (κ2) is 9.34. The molecule has 1 aromatic heterocycles. The summed E-state index contributed by atoms with van der Waals surface area (Å²) in [4.78, 5) is 38.7. The summed E-state index contributed by atoms with van der Waals surface area (Å²) in [5.41, 5.74) is 1.56. The molecule has 33 heavy (non-hydrogen) atoms. The number of aryl methyl sites for hydroxylation is 1. The molecule has 3 aromatic carbocycles. The topological polar surface area (TPSA) is 82.3 Å². The van der Waals surface area contributed by atoms with Gasteiger partial charge in [-0.05, 0) is 53.6 Å². The average Bonchev–Trinajstić information content (AvgIpc) is 2.84. The summed E-state index contributed by atoms with van der Waals surface area (Å²) in [5, 5.41) is 3.72. The first-order chi connectivity index (χ1) is 15.9. The SMILES string of the molecule is COc1cccc(CNC(=O)c2ccc3c(c2)c(=O)n(Cc2ccc(Cl)cc2)c(=O)n3C)c1. The third kappa shape index (κ3) is 4.68. The summed E-state index contributed by atoms with van der Waals surface area (Å²) in [7, 11) is 3.19. The Hall–Kier alpha value is -3.84. The number of carbonyl (C=O) groups is 1. The lowest BCUT2D eigenvalue weighted by Gasteiger charge is -2.12. The van der Waals surface area contributed by atoms with Crippen LogP contribution in [0.2, 0.25) is 5.02 Å². The second-order valence-corrected chi connectivity index (χ2v) is 8.06. The van der Waals surface area contributed by atoms with Crippen molar-refractivity contribution < 1.29 is 9.53 Å². The number of fused-ring (bicyclic) bond motifs is 1. The number of ether oxygens (including phenoxy) is 1. The first kappa shape index (κ1) is 22.4. The van der Waals surface area contributed by atoms with Crippen LogP contribution in [0.5, 0.6) is 5.75 Å². The Bertz CT molecular complexity index is 1460. The quantitative estimate of drug-likeness (QED) is 0.475. The van der Waals surface area contributed by atoms with Crippen LogP contribution in [0.1, 0.15) is 21.5 Å². The van der Waals surface area contributed by atoms with E-state index >= 15 is 0 Å². The van der Waals surface area contributed by atoms with Crippen LogP contribution in [0, 0.1) is 0 Å². The van der Waals surface area contributed by atoms with Gasteiger partial charge >= 0.3 is 5.69 Å². The molecule has 0 saturated heterocycles. The Labute approximate surface area is 194 Å². The van der Waals surface area contributed by atoms with Gasteiger partial charge in [0, 0.05) is 24.2 Å². The first-order valence-electron chi connectivity index (χ1n) is 10.3. The smallest absolute Gasteiger partial charge is 0.331 e. The normalized spacial score (nSPS) is 10.9. The molecule has 0 unspecified atom stereocenters. The van der Waals surface area contributed by atoms with E-state index in [1.165, 1.54) is 10.6 Å². The number of amides is 1. The Morgan fingerprint density at radius 1 is 1.00 bits per heavy atom. The van der Waals surface area contributed by atoms with Crippen LogP contribution in [-0.4, -0.2) is 22.2 Å². The number of halogens is 1. The summed E-state index contributed by atoms with van der Waals surface area (Å²) in [6.45, 7) is 0.410. The summed E-state index contributed by atoms with van der Waals surface area (Å²) >= 11 is 5.93. The van der Waals surface area contributed by atoms with Gasteiger partial charge in [0.25, 0.3) is 11.5 Å². The predicted octanol–water partition coefficient (Wildman–Crippen LogP) is 3.34. The third-order valence-electron chi connectivity index (χ3n) is 5.45. The van der Waals surface area contributed by atoms with E-state index in [2.05, 4.69) is 5.32 Å². The van der Waals surface area contributed by atoms with Crippen molar-refractivity contribution in [1.82, 2.24) is 14.5 Å². The van der Waals surface area contributed by atoms with Gasteiger partial charge in [0.1, 0.15) is 5.75 Å². The molecule has 0 spiro atoms. The van der Waals surface area contributed by atoms with Crippen molar-refractivity contribution in [3.63, 3.8) is 0 Å². The number of hydrogen-bond donors (Lipinski definition) is 1. The molecule has 8 heteroatoms. The fraction of sp³-hybridized carbons (Fsp3) is 0.160. The highest BCUT2D eigenvalue weighted by molar-refractivity contribution is 6.30. The number of aromatic nitrogens is 2. The van der Waals surface area contributed by atoms with Gasteiger partial charge in [0.05, 0.1) is 24.6 Å². The molecule has 7 nitrogen and oxygen atoms in total. The second-order valence-electron chi connectivity index (χ2n) is 7.63. The predicted molar refractivity (Wildman–Crippen MR) is 128 cm³/mol. The number of hydrogen-bond acceptors (Lipinski definition) is 4. The lowest BCUT2D eigenvalue weighted by molar-refractivity contribution is 0.0951. The van der Waals surface area contributed by atoms with Crippen molar-refractivity contribution in [3.8, 4) is 5.75 Å². The van der Waals surface area contributed by atoms with E-state index in [-0.39, 0.29) is 12.5 Å². The van der Waals surface area contributed by atoms with Crippen molar-refractivity contribution in [2.45, 2.75) is 13.1 Å². The molecule has 0 aliphatic heterocycles. The van der Waals surface area contributed by atoms with Crippen LogP contribution in [0.3, 0.4) is 0 Å². The number of nitrogens with zero attached hydrogens (tertiary/aromatic N) is 2. The number of methoxy groups -OCH3 is 1. The van der Waals surface area contributed by atoms with Gasteiger partial charge in [-0.1, -0.05) is 35.9 Å². The van der Waals surface area contributed by atoms with Gasteiger partial charge in [-0.25, -0.2) is 4.79 Å². The van der Waals surface area contributed by atoms with Gasteiger partial charge in [-0.2, -0.15) is 0 Å². The lowest BCUT2D eigenvalue weighted by atomic mass is 10.1. The molecule has 0 aliphatic rings. The molecule has 0 saturated carbocycles. The summed E-state index contributed by atoms with van der Waals surface area (Å²) in [5.74, 6) is 0.381. The monoisotopic (exact) mass is 463 g/mol. The van der Waals surface area contributed by atoms with Crippen molar-refractivity contribution >= 4 is 28.4 Å². The average molecular weight is 464 g/mol. The number of benzene rings is 3. The third-order valence-corrected chi connectivity index (χ3v) is 5.71. The van der Waals surface area contributed by atoms with Crippen LogP contribution in [0.4, 0.5) is 0 Å². The van der Waals surface area contributed by atoms with Crippen molar-refractivity contribution in [2.24, 2.45) is 7.05 Å². The zero-order valence-corrected chi connectivity index (χ0v) is 18.9. The van der Waals surface area contributed by atoms with E-state index in [9.17, 15) is 14.4 Å². The molecule has 4 rings (SSSR count).